The number of rotatable bonds is 7. The summed E-state index contributed by atoms with van der Waals surface area (Å²) in [5, 5.41) is 16.5. The molecule has 3 aromatic carbocycles. The largest absolute Gasteiger partial charge is 0.460 e. The van der Waals surface area contributed by atoms with Gasteiger partial charge >= 0.3 is 5.97 Å². The van der Waals surface area contributed by atoms with Crippen LogP contribution in [0.1, 0.15) is 21.5 Å². The minimum absolute atomic E-state index is 0.0186. The topological polar surface area (TPSA) is 132 Å². The molecule has 3 aromatic rings. The summed E-state index contributed by atoms with van der Waals surface area (Å²) in [6, 6.07) is 20.5. The van der Waals surface area contributed by atoms with Crippen molar-refractivity contribution in [3.05, 3.63) is 106 Å². The molecular weight excluding hydrogens is 460 g/mol. The van der Waals surface area contributed by atoms with E-state index in [0.29, 0.717) is 16.7 Å². The average Bonchev–Trinajstić information content (AvgIpc) is 3.12. The Bertz CT molecular complexity index is 1390. The Hall–Kier alpha value is -4.38. The third-order valence-electron chi connectivity index (χ3n) is 4.85. The van der Waals surface area contributed by atoms with E-state index in [9.17, 15) is 23.3 Å². The molecule has 0 saturated carbocycles. The number of benzene rings is 3. The van der Waals surface area contributed by atoms with Crippen LogP contribution in [0.25, 0.3) is 0 Å². The molecular formula is C23H18N4O6S. The van der Waals surface area contributed by atoms with Gasteiger partial charge in [-0.05, 0) is 42.0 Å². The highest BCUT2D eigenvalue weighted by Gasteiger charge is 2.31. The molecule has 0 fully saturated rings. The van der Waals surface area contributed by atoms with Crippen molar-refractivity contribution in [2.75, 3.05) is 13.2 Å². The molecule has 0 aromatic heterocycles. The molecule has 0 atom stereocenters. The van der Waals surface area contributed by atoms with Crippen LogP contribution in [-0.4, -0.2) is 49.5 Å². The molecule has 0 aliphatic carbocycles. The van der Waals surface area contributed by atoms with Crippen LogP contribution in [0.2, 0.25) is 0 Å². The van der Waals surface area contributed by atoms with Crippen molar-refractivity contribution in [3.8, 4) is 0 Å². The highest BCUT2D eigenvalue weighted by atomic mass is 32.2. The van der Waals surface area contributed by atoms with Gasteiger partial charge in [0.1, 0.15) is 11.5 Å². The zero-order valence-corrected chi connectivity index (χ0v) is 18.5. The number of fused-ring (bicyclic) bond motifs is 1. The number of nitro groups is 1. The zero-order chi connectivity index (χ0) is 24.1. The van der Waals surface area contributed by atoms with Crippen LogP contribution in [0.4, 0.5) is 5.69 Å². The lowest BCUT2D eigenvalue weighted by Gasteiger charge is -2.19. The normalized spacial score (nSPS) is 13.8. The third-order valence-corrected chi connectivity index (χ3v) is 6.18. The number of hydrogen-bond acceptors (Lipinski definition) is 8. The third kappa shape index (κ3) is 4.99. The molecule has 0 radical (unpaired) electrons. The van der Waals surface area contributed by atoms with Gasteiger partial charge in [0.2, 0.25) is 0 Å². The van der Waals surface area contributed by atoms with Crippen molar-refractivity contribution >= 4 is 33.7 Å². The first-order chi connectivity index (χ1) is 16.3. The molecule has 0 amide bonds. The van der Waals surface area contributed by atoms with E-state index < -0.39 is 20.9 Å². The molecule has 10 nitrogen and oxygen atoms in total. The van der Waals surface area contributed by atoms with Crippen LogP contribution >= 0.6 is 0 Å². The van der Waals surface area contributed by atoms with Crippen LogP contribution in [0, 0.1) is 10.1 Å². The summed E-state index contributed by atoms with van der Waals surface area (Å²) in [6.07, 6.45) is 1.42. The lowest BCUT2D eigenvalue weighted by atomic mass is 10.2. The minimum atomic E-state index is -3.89. The molecule has 0 spiro atoms. The SMILES string of the molecule is O=C(OCCN(/N=C\c1ccc([N+](=O)[O-])cc1)C1=NS(=O)(=O)c2ccccc21)c1ccccc1. The highest BCUT2D eigenvalue weighted by molar-refractivity contribution is 7.90. The van der Waals surface area contributed by atoms with E-state index in [1.807, 2.05) is 0 Å². The zero-order valence-electron chi connectivity index (χ0n) is 17.6. The Balaban J connectivity index is 1.58. The highest BCUT2D eigenvalue weighted by Crippen LogP contribution is 2.27. The molecule has 0 unspecified atom stereocenters. The second kappa shape index (κ2) is 9.63. The van der Waals surface area contributed by atoms with E-state index in [4.69, 9.17) is 4.74 Å². The Morgan fingerprint density at radius 1 is 1.03 bits per heavy atom. The number of non-ortho nitro benzene ring substituents is 1. The number of hydrazone groups is 1. The molecule has 0 N–H and O–H groups in total. The first-order valence-corrected chi connectivity index (χ1v) is 11.5. The van der Waals surface area contributed by atoms with E-state index in [2.05, 4.69) is 9.50 Å². The first-order valence-electron chi connectivity index (χ1n) is 10.1. The van der Waals surface area contributed by atoms with Crippen LogP contribution in [0.3, 0.4) is 0 Å². The lowest BCUT2D eigenvalue weighted by Crippen LogP contribution is -2.30. The number of amidine groups is 1. The summed E-state index contributed by atoms with van der Waals surface area (Å²) >= 11 is 0. The van der Waals surface area contributed by atoms with Crippen molar-refractivity contribution in [3.63, 3.8) is 0 Å². The summed E-state index contributed by atoms with van der Waals surface area (Å²) in [5.41, 5.74) is 1.24. The van der Waals surface area contributed by atoms with Crippen molar-refractivity contribution in [1.82, 2.24) is 5.01 Å². The van der Waals surface area contributed by atoms with Crippen LogP contribution in [0.5, 0.6) is 0 Å². The molecule has 1 heterocycles. The molecule has 0 bridgehead atoms. The lowest BCUT2D eigenvalue weighted by molar-refractivity contribution is -0.384. The molecule has 11 heteroatoms. The van der Waals surface area contributed by atoms with Crippen molar-refractivity contribution in [1.29, 1.82) is 0 Å². The second-order valence-electron chi connectivity index (χ2n) is 7.10. The maximum atomic E-state index is 12.5. The van der Waals surface area contributed by atoms with Crippen molar-refractivity contribution in [2.24, 2.45) is 9.50 Å². The van der Waals surface area contributed by atoms with E-state index in [1.54, 1.807) is 48.5 Å². The fraction of sp³-hybridized carbons (Fsp3) is 0.0870. The number of esters is 1. The van der Waals surface area contributed by atoms with Gasteiger partial charge in [0.15, 0.2) is 5.84 Å². The summed E-state index contributed by atoms with van der Waals surface area (Å²) in [5.74, 6) is -0.439. The van der Waals surface area contributed by atoms with Gasteiger partial charge in [-0.15, -0.1) is 4.40 Å². The number of hydrogen-bond donors (Lipinski definition) is 0. The second-order valence-corrected chi connectivity index (χ2v) is 8.68. The standard InChI is InChI=1S/C23H18N4O6S/c28-23(18-6-2-1-3-7-18)33-15-14-26(24-16-17-10-12-19(13-11-17)27(29)30)22-20-8-4-5-9-21(20)34(31,32)25-22/h1-13,16H,14-15H2/b24-16-. The average molecular weight is 478 g/mol. The molecule has 34 heavy (non-hydrogen) atoms. The summed E-state index contributed by atoms with van der Waals surface area (Å²) in [7, 11) is -3.89. The quantitative estimate of drug-likeness (QED) is 0.220. The van der Waals surface area contributed by atoms with Gasteiger partial charge in [-0.25, -0.2) is 9.80 Å². The van der Waals surface area contributed by atoms with Crippen LogP contribution < -0.4 is 0 Å². The van der Waals surface area contributed by atoms with Gasteiger partial charge in [0, 0.05) is 17.7 Å². The monoisotopic (exact) mass is 478 g/mol. The van der Waals surface area contributed by atoms with Gasteiger partial charge < -0.3 is 4.74 Å². The Morgan fingerprint density at radius 3 is 2.41 bits per heavy atom. The van der Waals surface area contributed by atoms with Gasteiger partial charge in [-0.2, -0.15) is 13.5 Å². The van der Waals surface area contributed by atoms with Crippen LogP contribution in [-0.2, 0) is 14.8 Å². The maximum absolute atomic E-state index is 12.5. The van der Waals surface area contributed by atoms with Crippen LogP contribution in [0.15, 0.2) is 93.3 Å². The van der Waals surface area contributed by atoms with Gasteiger partial charge in [0.05, 0.1) is 23.2 Å². The van der Waals surface area contributed by atoms with Gasteiger partial charge in [-0.3, -0.25) is 10.1 Å². The number of carbonyl (C=O) groups is 1. The number of nitro benzene ring substituents is 1. The molecule has 0 saturated heterocycles. The Labute approximate surface area is 195 Å². The Morgan fingerprint density at radius 2 is 1.71 bits per heavy atom. The number of carbonyl (C=O) groups excluding carboxylic acids is 1. The molecule has 1 aliphatic rings. The first kappa shape index (κ1) is 22.8. The predicted octanol–water partition coefficient (Wildman–Crippen LogP) is 3.24. The predicted molar refractivity (Wildman–Crippen MR) is 124 cm³/mol. The smallest absolute Gasteiger partial charge is 0.338 e. The maximum Gasteiger partial charge on any atom is 0.338 e. The van der Waals surface area contributed by atoms with Crippen molar-refractivity contribution < 1.29 is 22.9 Å². The van der Waals surface area contributed by atoms with Gasteiger partial charge in [-0.1, -0.05) is 30.3 Å². The molecule has 4 rings (SSSR count). The summed E-state index contributed by atoms with van der Waals surface area (Å²) < 4.78 is 34.2. The van der Waals surface area contributed by atoms with Gasteiger partial charge in [0.25, 0.3) is 15.7 Å². The molecule has 172 valence electrons. The number of nitrogens with zero attached hydrogens (tertiary/aromatic N) is 4. The number of ether oxygens (including phenoxy) is 1. The molecule has 1 aliphatic heterocycles. The van der Waals surface area contributed by atoms with E-state index in [0.717, 1.165) is 0 Å². The Kier molecular flexibility index (Phi) is 6.46. The number of sulfonamides is 1. The minimum Gasteiger partial charge on any atom is -0.460 e. The summed E-state index contributed by atoms with van der Waals surface area (Å²) in [6.45, 7) is -0.0721. The van der Waals surface area contributed by atoms with E-state index in [-0.39, 0.29) is 29.6 Å². The summed E-state index contributed by atoms with van der Waals surface area (Å²) in [4.78, 5) is 22.7. The fourth-order valence-electron chi connectivity index (χ4n) is 3.19. The fourth-order valence-corrected chi connectivity index (χ4v) is 4.40. The van der Waals surface area contributed by atoms with E-state index >= 15 is 0 Å². The van der Waals surface area contributed by atoms with E-state index in [1.165, 1.54) is 41.6 Å². The van der Waals surface area contributed by atoms with Crippen molar-refractivity contribution in [2.45, 2.75) is 4.90 Å².